The molecule has 1 rings (SSSR count). The molecule has 20 heavy (non-hydrogen) atoms. The van der Waals surface area contributed by atoms with Crippen LogP contribution in [0, 0.1) is 10.1 Å². The maximum absolute atomic E-state index is 10.8. The Kier molecular flexibility index (Phi) is 6.41. The summed E-state index contributed by atoms with van der Waals surface area (Å²) in [6.45, 7) is 1.42. The molecular formula is C12H14ClNO5S. The van der Waals surface area contributed by atoms with Gasteiger partial charge >= 0.3 is 0 Å². The summed E-state index contributed by atoms with van der Waals surface area (Å²) in [5.74, 6) is 0.373. The van der Waals surface area contributed by atoms with E-state index in [1.54, 1.807) is 0 Å². The number of aliphatic hydroxyl groups is 2. The van der Waals surface area contributed by atoms with E-state index in [1.165, 1.54) is 19.1 Å². The van der Waals surface area contributed by atoms with Crippen molar-refractivity contribution in [3.05, 3.63) is 38.9 Å². The van der Waals surface area contributed by atoms with Crippen molar-refractivity contribution in [3.8, 4) is 0 Å². The Labute approximate surface area is 124 Å². The summed E-state index contributed by atoms with van der Waals surface area (Å²) in [4.78, 5) is 20.7. The zero-order valence-electron chi connectivity index (χ0n) is 10.7. The summed E-state index contributed by atoms with van der Waals surface area (Å²) in [5.41, 5.74) is 0.0326. The largest absolute Gasteiger partial charge is 0.390 e. The van der Waals surface area contributed by atoms with Crippen LogP contribution in [0.1, 0.15) is 25.0 Å². The van der Waals surface area contributed by atoms with Crippen LogP contribution in [0.4, 0.5) is 5.69 Å². The van der Waals surface area contributed by atoms with E-state index < -0.39 is 17.1 Å². The minimum absolute atomic E-state index is 0.0185. The Morgan fingerprint density at radius 3 is 2.65 bits per heavy atom. The normalized spacial score (nSPS) is 13.8. The number of thioether (sulfide) groups is 1. The van der Waals surface area contributed by atoms with E-state index in [9.17, 15) is 25.1 Å². The van der Waals surface area contributed by atoms with Crippen LogP contribution in [0.25, 0.3) is 0 Å². The SMILES string of the molecule is CC(=O)SCCC(O)C(O)c1ccc([N+](=O)[O-])cc1Cl. The van der Waals surface area contributed by atoms with Crippen molar-refractivity contribution in [2.24, 2.45) is 0 Å². The Bertz CT molecular complexity index is 511. The molecule has 110 valence electrons. The number of carbonyl (C=O) groups is 1. The molecule has 2 N–H and O–H groups in total. The summed E-state index contributed by atoms with van der Waals surface area (Å²) >= 11 is 6.91. The minimum atomic E-state index is -1.25. The molecular weight excluding hydrogens is 306 g/mol. The van der Waals surface area contributed by atoms with Crippen LogP contribution in [0.2, 0.25) is 5.02 Å². The van der Waals surface area contributed by atoms with E-state index in [0.29, 0.717) is 5.75 Å². The number of hydrogen-bond acceptors (Lipinski definition) is 6. The van der Waals surface area contributed by atoms with Crippen molar-refractivity contribution in [1.29, 1.82) is 0 Å². The Morgan fingerprint density at radius 2 is 2.15 bits per heavy atom. The lowest BCUT2D eigenvalue weighted by Gasteiger charge is -2.18. The predicted molar refractivity (Wildman–Crippen MR) is 76.8 cm³/mol. The average Bonchev–Trinajstić information content (AvgIpc) is 2.37. The van der Waals surface area contributed by atoms with Crippen LogP contribution in [-0.2, 0) is 4.79 Å². The lowest BCUT2D eigenvalue weighted by atomic mass is 10.0. The molecule has 0 saturated heterocycles. The van der Waals surface area contributed by atoms with Gasteiger partial charge in [-0.3, -0.25) is 14.9 Å². The first-order chi connectivity index (χ1) is 9.32. The van der Waals surface area contributed by atoms with Gasteiger partial charge in [0.25, 0.3) is 5.69 Å². The van der Waals surface area contributed by atoms with Crippen LogP contribution in [-0.4, -0.2) is 32.1 Å². The van der Waals surface area contributed by atoms with Crippen molar-refractivity contribution in [2.75, 3.05) is 5.75 Å². The predicted octanol–water partition coefficient (Wildman–Crippen LogP) is 2.31. The number of halogens is 1. The van der Waals surface area contributed by atoms with Crippen LogP contribution in [0.5, 0.6) is 0 Å². The van der Waals surface area contributed by atoms with Crippen molar-refractivity contribution in [1.82, 2.24) is 0 Å². The van der Waals surface area contributed by atoms with Gasteiger partial charge in [-0.25, -0.2) is 0 Å². The van der Waals surface area contributed by atoms with Gasteiger partial charge in [-0.2, -0.15) is 0 Å². The fourth-order valence-electron chi connectivity index (χ4n) is 1.56. The van der Waals surface area contributed by atoms with Gasteiger partial charge in [0.15, 0.2) is 5.12 Å². The number of non-ortho nitro benzene ring substituents is 1. The van der Waals surface area contributed by atoms with E-state index >= 15 is 0 Å². The average molecular weight is 320 g/mol. The first-order valence-electron chi connectivity index (χ1n) is 5.76. The molecule has 6 nitrogen and oxygen atoms in total. The molecule has 8 heteroatoms. The highest BCUT2D eigenvalue weighted by Gasteiger charge is 2.22. The molecule has 0 fully saturated rings. The summed E-state index contributed by atoms with van der Waals surface area (Å²) in [6.07, 6.45) is -2.14. The molecule has 0 bridgehead atoms. The molecule has 0 radical (unpaired) electrons. The van der Waals surface area contributed by atoms with Crippen LogP contribution in [0.15, 0.2) is 18.2 Å². The van der Waals surface area contributed by atoms with Gasteiger partial charge in [-0.05, 0) is 12.5 Å². The number of hydrogen-bond donors (Lipinski definition) is 2. The molecule has 0 amide bonds. The highest BCUT2D eigenvalue weighted by atomic mass is 35.5. The molecule has 0 heterocycles. The van der Waals surface area contributed by atoms with Crippen molar-refractivity contribution < 1.29 is 19.9 Å². The molecule has 0 spiro atoms. The van der Waals surface area contributed by atoms with Gasteiger partial charge in [-0.15, -0.1) is 0 Å². The van der Waals surface area contributed by atoms with Crippen LogP contribution < -0.4 is 0 Å². The van der Waals surface area contributed by atoms with E-state index in [0.717, 1.165) is 17.8 Å². The van der Waals surface area contributed by atoms with Crippen molar-refractivity contribution >= 4 is 34.2 Å². The van der Waals surface area contributed by atoms with Crippen molar-refractivity contribution in [2.45, 2.75) is 25.6 Å². The number of benzene rings is 1. The summed E-state index contributed by atoms with van der Waals surface area (Å²) in [7, 11) is 0. The topological polar surface area (TPSA) is 101 Å². The third kappa shape index (κ3) is 4.75. The zero-order chi connectivity index (χ0) is 15.3. The zero-order valence-corrected chi connectivity index (χ0v) is 12.2. The van der Waals surface area contributed by atoms with Gasteiger partial charge in [-0.1, -0.05) is 23.4 Å². The molecule has 1 aromatic carbocycles. The standard InChI is InChI=1S/C12H14ClNO5S/c1-7(15)20-5-4-11(16)12(17)9-3-2-8(14(18)19)6-10(9)13/h2-3,6,11-12,16-17H,4-5H2,1H3. The highest BCUT2D eigenvalue weighted by Crippen LogP contribution is 2.30. The number of carbonyl (C=O) groups excluding carboxylic acids is 1. The lowest BCUT2D eigenvalue weighted by Crippen LogP contribution is -2.19. The Hall–Kier alpha value is -1.15. The Morgan fingerprint density at radius 1 is 1.50 bits per heavy atom. The van der Waals surface area contributed by atoms with Gasteiger partial charge in [0.2, 0.25) is 0 Å². The molecule has 0 aliphatic carbocycles. The summed E-state index contributed by atoms with van der Waals surface area (Å²) in [5, 5.41) is 30.3. The maximum Gasteiger partial charge on any atom is 0.270 e. The molecule has 0 aliphatic heterocycles. The third-order valence-electron chi connectivity index (χ3n) is 2.60. The maximum atomic E-state index is 10.8. The smallest absolute Gasteiger partial charge is 0.270 e. The fourth-order valence-corrected chi connectivity index (χ4v) is 2.49. The molecule has 0 saturated carbocycles. The Balaban J connectivity index is 2.73. The van der Waals surface area contributed by atoms with Gasteiger partial charge in [0.1, 0.15) is 6.10 Å². The molecule has 2 unspecified atom stereocenters. The molecule has 1 aromatic rings. The van der Waals surface area contributed by atoms with Crippen molar-refractivity contribution in [3.63, 3.8) is 0 Å². The number of rotatable bonds is 6. The third-order valence-corrected chi connectivity index (χ3v) is 3.77. The number of aliphatic hydroxyl groups excluding tert-OH is 2. The van der Waals surface area contributed by atoms with Crippen LogP contribution in [0.3, 0.4) is 0 Å². The van der Waals surface area contributed by atoms with E-state index in [2.05, 4.69) is 0 Å². The van der Waals surface area contributed by atoms with Gasteiger partial charge in [0, 0.05) is 30.4 Å². The second kappa shape index (κ2) is 7.58. The second-order valence-corrected chi connectivity index (χ2v) is 5.78. The second-order valence-electron chi connectivity index (χ2n) is 4.10. The first kappa shape index (κ1) is 16.9. The number of nitrogens with zero attached hydrogens (tertiary/aromatic N) is 1. The summed E-state index contributed by atoms with van der Waals surface area (Å²) in [6, 6.07) is 3.64. The minimum Gasteiger partial charge on any atom is -0.390 e. The van der Waals surface area contributed by atoms with E-state index in [-0.39, 0.29) is 27.8 Å². The van der Waals surface area contributed by atoms with Gasteiger partial charge < -0.3 is 10.2 Å². The van der Waals surface area contributed by atoms with E-state index in [4.69, 9.17) is 11.6 Å². The quantitative estimate of drug-likeness (QED) is 0.616. The molecule has 2 atom stereocenters. The van der Waals surface area contributed by atoms with Gasteiger partial charge in [0.05, 0.1) is 16.0 Å². The van der Waals surface area contributed by atoms with Crippen LogP contribution >= 0.6 is 23.4 Å². The molecule has 0 aromatic heterocycles. The summed E-state index contributed by atoms with van der Waals surface area (Å²) < 4.78 is 0. The monoisotopic (exact) mass is 319 g/mol. The fraction of sp³-hybridized carbons (Fsp3) is 0.417. The number of nitro benzene ring substituents is 1. The first-order valence-corrected chi connectivity index (χ1v) is 7.12. The van der Waals surface area contributed by atoms with E-state index in [1.807, 2.05) is 0 Å². The number of nitro groups is 1. The lowest BCUT2D eigenvalue weighted by molar-refractivity contribution is -0.384. The highest BCUT2D eigenvalue weighted by molar-refractivity contribution is 8.13. The molecule has 0 aliphatic rings.